The third-order valence-electron chi connectivity index (χ3n) is 5.06. The van der Waals surface area contributed by atoms with E-state index in [1.165, 1.54) is 7.05 Å². The predicted octanol–water partition coefficient (Wildman–Crippen LogP) is 4.52. The SMILES string of the molecule is Cn1c(-c2cccc(NC(=O)Nc3ccccc3-c3ccccc3)c2)nc(OC(=O)O)c(O)c1=O. The topological polar surface area (TPSA) is 143 Å². The summed E-state index contributed by atoms with van der Waals surface area (Å²) in [6.45, 7) is 0. The first-order valence-electron chi connectivity index (χ1n) is 10.4. The zero-order valence-corrected chi connectivity index (χ0v) is 18.4. The average molecular weight is 472 g/mol. The number of hydrogen-bond acceptors (Lipinski definition) is 6. The minimum absolute atomic E-state index is 0.0301. The number of aromatic nitrogens is 2. The highest BCUT2D eigenvalue weighted by atomic mass is 16.7. The lowest BCUT2D eigenvalue weighted by Crippen LogP contribution is -2.22. The first-order chi connectivity index (χ1) is 16.8. The van der Waals surface area contributed by atoms with Crippen LogP contribution < -0.4 is 20.9 Å². The van der Waals surface area contributed by atoms with Gasteiger partial charge in [0.1, 0.15) is 5.82 Å². The molecule has 10 heteroatoms. The van der Waals surface area contributed by atoms with Crippen molar-refractivity contribution in [3.63, 3.8) is 0 Å². The Bertz CT molecular complexity index is 1470. The van der Waals surface area contributed by atoms with E-state index in [4.69, 9.17) is 5.11 Å². The number of nitrogens with one attached hydrogen (secondary N) is 2. The Balaban J connectivity index is 1.59. The van der Waals surface area contributed by atoms with Crippen LogP contribution in [-0.4, -0.2) is 32.0 Å². The van der Waals surface area contributed by atoms with Crippen LogP contribution in [0.4, 0.5) is 21.0 Å². The van der Waals surface area contributed by atoms with Crippen LogP contribution in [0.3, 0.4) is 0 Å². The van der Waals surface area contributed by atoms with Gasteiger partial charge < -0.3 is 25.6 Å². The Morgan fingerprint density at radius 3 is 2.34 bits per heavy atom. The summed E-state index contributed by atoms with van der Waals surface area (Å²) in [5, 5.41) is 24.3. The number of anilines is 2. The van der Waals surface area contributed by atoms with E-state index in [0.29, 0.717) is 16.9 Å². The molecule has 176 valence electrons. The van der Waals surface area contributed by atoms with Crippen LogP contribution in [-0.2, 0) is 7.05 Å². The maximum atomic E-state index is 12.7. The highest BCUT2D eigenvalue weighted by Gasteiger charge is 2.19. The third-order valence-corrected chi connectivity index (χ3v) is 5.06. The number of ether oxygens (including phenoxy) is 1. The van der Waals surface area contributed by atoms with E-state index >= 15 is 0 Å². The number of urea groups is 1. The highest BCUT2D eigenvalue weighted by molar-refractivity contribution is 6.02. The molecule has 3 aromatic carbocycles. The Hall–Kier alpha value is -5.12. The molecule has 4 aromatic rings. The van der Waals surface area contributed by atoms with Gasteiger partial charge in [-0.3, -0.25) is 9.36 Å². The second kappa shape index (κ2) is 9.79. The fraction of sp³-hybridized carbons (Fsp3) is 0.0400. The van der Waals surface area contributed by atoms with Crippen molar-refractivity contribution in [1.82, 2.24) is 9.55 Å². The Kier molecular flexibility index (Phi) is 6.45. The summed E-state index contributed by atoms with van der Waals surface area (Å²) in [6, 6.07) is 22.9. The van der Waals surface area contributed by atoms with Crippen LogP contribution in [0.15, 0.2) is 83.7 Å². The molecule has 35 heavy (non-hydrogen) atoms. The third kappa shape index (κ3) is 5.11. The molecule has 1 aromatic heterocycles. The van der Waals surface area contributed by atoms with Gasteiger partial charge in [-0.2, -0.15) is 4.98 Å². The van der Waals surface area contributed by atoms with Crippen molar-refractivity contribution in [2.24, 2.45) is 7.05 Å². The molecule has 2 amide bonds. The molecule has 4 N–H and O–H groups in total. The molecule has 0 saturated carbocycles. The number of nitrogens with zero attached hydrogens (tertiary/aromatic N) is 2. The van der Waals surface area contributed by atoms with Gasteiger partial charge in [-0.05, 0) is 23.8 Å². The molecule has 0 aliphatic heterocycles. The lowest BCUT2D eigenvalue weighted by molar-refractivity contribution is 0.140. The van der Waals surface area contributed by atoms with Crippen LogP contribution >= 0.6 is 0 Å². The number of amides is 2. The second-order valence-corrected chi connectivity index (χ2v) is 7.39. The Morgan fingerprint density at radius 2 is 1.60 bits per heavy atom. The number of carboxylic acid groups (broad SMARTS) is 1. The molecule has 0 saturated heterocycles. The molecule has 0 aliphatic carbocycles. The van der Waals surface area contributed by atoms with Gasteiger partial charge in [0, 0.05) is 23.9 Å². The zero-order valence-electron chi connectivity index (χ0n) is 18.4. The maximum Gasteiger partial charge on any atom is 0.512 e. The van der Waals surface area contributed by atoms with Crippen molar-refractivity contribution < 1.29 is 24.5 Å². The molecule has 10 nitrogen and oxygen atoms in total. The molecule has 0 spiro atoms. The van der Waals surface area contributed by atoms with Gasteiger partial charge in [0.2, 0.25) is 5.75 Å². The van der Waals surface area contributed by atoms with Gasteiger partial charge in [0.15, 0.2) is 0 Å². The van der Waals surface area contributed by atoms with Crippen molar-refractivity contribution in [2.45, 2.75) is 0 Å². The molecule has 0 atom stereocenters. The normalized spacial score (nSPS) is 10.4. The van der Waals surface area contributed by atoms with E-state index in [0.717, 1.165) is 15.7 Å². The van der Waals surface area contributed by atoms with Crippen molar-refractivity contribution in [2.75, 3.05) is 10.6 Å². The minimum atomic E-state index is -1.73. The molecule has 4 rings (SSSR count). The summed E-state index contributed by atoms with van der Waals surface area (Å²) < 4.78 is 5.46. The van der Waals surface area contributed by atoms with Gasteiger partial charge in [-0.15, -0.1) is 0 Å². The summed E-state index contributed by atoms with van der Waals surface area (Å²) >= 11 is 0. The van der Waals surface area contributed by atoms with Crippen molar-refractivity contribution in [1.29, 1.82) is 0 Å². The van der Waals surface area contributed by atoms with Crippen LogP contribution in [0.1, 0.15) is 0 Å². The predicted molar refractivity (Wildman–Crippen MR) is 130 cm³/mol. The largest absolute Gasteiger partial charge is 0.512 e. The Morgan fingerprint density at radius 1 is 0.914 bits per heavy atom. The molecule has 0 radical (unpaired) electrons. The van der Waals surface area contributed by atoms with Gasteiger partial charge in [-0.1, -0.05) is 60.7 Å². The minimum Gasteiger partial charge on any atom is -0.499 e. The van der Waals surface area contributed by atoms with E-state index in [-0.39, 0.29) is 5.82 Å². The fourth-order valence-corrected chi connectivity index (χ4v) is 3.46. The van der Waals surface area contributed by atoms with Crippen LogP contribution in [0.2, 0.25) is 0 Å². The average Bonchev–Trinajstić information content (AvgIpc) is 2.85. The van der Waals surface area contributed by atoms with E-state index < -0.39 is 29.4 Å². The number of hydrogen-bond donors (Lipinski definition) is 4. The molecule has 0 fully saturated rings. The van der Waals surface area contributed by atoms with Gasteiger partial charge in [0.25, 0.3) is 11.4 Å². The van der Waals surface area contributed by atoms with Crippen molar-refractivity contribution in [3.8, 4) is 34.1 Å². The molecule has 0 unspecified atom stereocenters. The first kappa shape index (κ1) is 23.1. The molecule has 1 heterocycles. The summed E-state index contributed by atoms with van der Waals surface area (Å²) in [6.07, 6.45) is -1.73. The lowest BCUT2D eigenvalue weighted by Gasteiger charge is -2.14. The smallest absolute Gasteiger partial charge is 0.499 e. The van der Waals surface area contributed by atoms with Gasteiger partial charge >= 0.3 is 12.2 Å². The summed E-state index contributed by atoms with van der Waals surface area (Å²) in [5.41, 5.74) is 2.29. The van der Waals surface area contributed by atoms with Crippen molar-refractivity contribution in [3.05, 3.63) is 89.2 Å². The highest BCUT2D eigenvalue weighted by Crippen LogP contribution is 2.28. The standard InChI is InChI=1S/C25H20N4O6/c1-29-21(28-22(35-25(33)34)20(30)23(29)31)16-10-7-11-17(14-16)26-24(32)27-19-13-6-5-12-18(19)15-8-3-2-4-9-15/h2-14,30H,1H3,(H,33,34)(H2,26,27,32). The second-order valence-electron chi connectivity index (χ2n) is 7.39. The fourth-order valence-electron chi connectivity index (χ4n) is 3.46. The van der Waals surface area contributed by atoms with Crippen LogP contribution in [0, 0.1) is 0 Å². The number of aromatic hydroxyl groups is 1. The molecular weight excluding hydrogens is 452 g/mol. The number of rotatable bonds is 5. The van der Waals surface area contributed by atoms with Crippen LogP contribution in [0.5, 0.6) is 11.6 Å². The van der Waals surface area contributed by atoms with Gasteiger partial charge in [0.05, 0.1) is 5.69 Å². The summed E-state index contributed by atoms with van der Waals surface area (Å²) in [5.74, 6) is -1.63. The van der Waals surface area contributed by atoms with Crippen molar-refractivity contribution >= 4 is 23.6 Å². The van der Waals surface area contributed by atoms with E-state index in [1.54, 1.807) is 30.3 Å². The van der Waals surface area contributed by atoms with E-state index in [2.05, 4.69) is 20.4 Å². The zero-order chi connectivity index (χ0) is 24.9. The number of para-hydroxylation sites is 1. The summed E-state index contributed by atoms with van der Waals surface area (Å²) in [4.78, 5) is 39.9. The lowest BCUT2D eigenvalue weighted by atomic mass is 10.0. The van der Waals surface area contributed by atoms with E-state index in [1.807, 2.05) is 48.5 Å². The van der Waals surface area contributed by atoms with E-state index in [9.17, 15) is 19.5 Å². The van der Waals surface area contributed by atoms with Crippen LogP contribution in [0.25, 0.3) is 22.5 Å². The molecule has 0 bridgehead atoms. The molecular formula is C25H20N4O6. The quantitative estimate of drug-likeness (QED) is 0.313. The van der Waals surface area contributed by atoms with Gasteiger partial charge in [-0.25, -0.2) is 9.59 Å². The molecule has 0 aliphatic rings. The maximum absolute atomic E-state index is 12.7. The first-order valence-corrected chi connectivity index (χ1v) is 10.4. The summed E-state index contributed by atoms with van der Waals surface area (Å²) in [7, 11) is 1.36. The Labute approximate surface area is 199 Å². The monoisotopic (exact) mass is 472 g/mol. The number of carbonyl (C=O) groups excluding carboxylic acids is 1. The number of benzene rings is 3. The number of carbonyl (C=O) groups is 2.